The Kier molecular flexibility index (Phi) is 4.43. The molecule has 1 fully saturated rings. The molecule has 24 heavy (non-hydrogen) atoms. The quantitative estimate of drug-likeness (QED) is 0.783. The third kappa shape index (κ3) is 3.21. The first-order valence-electron chi connectivity index (χ1n) is 7.39. The molecule has 0 bridgehead atoms. The van der Waals surface area contributed by atoms with Crippen LogP contribution in [0.25, 0.3) is 11.6 Å². The number of aryl methyl sites for hydroxylation is 1. The molecule has 8 heteroatoms. The molecule has 124 valence electrons. The van der Waals surface area contributed by atoms with Crippen molar-refractivity contribution in [3.05, 3.63) is 46.5 Å². The van der Waals surface area contributed by atoms with E-state index in [1.165, 1.54) is 0 Å². The summed E-state index contributed by atoms with van der Waals surface area (Å²) in [7, 11) is -3.03. The number of rotatable bonds is 3. The number of allylic oxidation sites excluding steroid dienone is 1. The van der Waals surface area contributed by atoms with E-state index in [9.17, 15) is 13.7 Å². The predicted molar refractivity (Wildman–Crippen MR) is 92.0 cm³/mol. The standard InChI is InChI=1S/C16H15ClN4O2S/c1-11-14(8-12(9-18)15-4-2-3-6-19-15)16(17)21(20-11)13-5-7-24(22,23)10-13/h2-4,6,8,13H,5,7,10H2,1H3/b12-8-/t13-/m0/s1. The van der Waals surface area contributed by atoms with E-state index in [1.54, 1.807) is 42.1 Å². The van der Waals surface area contributed by atoms with Crippen molar-refractivity contribution in [2.75, 3.05) is 11.5 Å². The highest BCUT2D eigenvalue weighted by atomic mass is 35.5. The molecule has 0 radical (unpaired) electrons. The molecular weight excluding hydrogens is 348 g/mol. The number of aromatic nitrogens is 3. The van der Waals surface area contributed by atoms with E-state index >= 15 is 0 Å². The number of halogens is 1. The van der Waals surface area contributed by atoms with Crippen molar-refractivity contribution in [1.82, 2.24) is 14.8 Å². The summed E-state index contributed by atoms with van der Waals surface area (Å²) >= 11 is 6.42. The molecule has 6 nitrogen and oxygen atoms in total. The highest BCUT2D eigenvalue weighted by Crippen LogP contribution is 2.31. The molecule has 0 N–H and O–H groups in total. The second-order valence-corrected chi connectivity index (χ2v) is 8.26. The summed E-state index contributed by atoms with van der Waals surface area (Å²) in [6, 6.07) is 7.18. The van der Waals surface area contributed by atoms with Crippen LogP contribution in [0.2, 0.25) is 5.15 Å². The van der Waals surface area contributed by atoms with Gasteiger partial charge in [0.1, 0.15) is 11.2 Å². The normalized spacial score (nSPS) is 20.0. The van der Waals surface area contributed by atoms with Gasteiger partial charge in [0.2, 0.25) is 0 Å². The molecule has 0 spiro atoms. The van der Waals surface area contributed by atoms with Gasteiger partial charge in [-0.15, -0.1) is 0 Å². The van der Waals surface area contributed by atoms with Gasteiger partial charge in [0.05, 0.1) is 34.5 Å². The maximum Gasteiger partial charge on any atom is 0.152 e. The van der Waals surface area contributed by atoms with Gasteiger partial charge < -0.3 is 0 Å². The Hall–Kier alpha value is -2.17. The lowest BCUT2D eigenvalue weighted by Gasteiger charge is -2.09. The van der Waals surface area contributed by atoms with Gasteiger partial charge in [-0.3, -0.25) is 4.98 Å². The van der Waals surface area contributed by atoms with Crippen LogP contribution >= 0.6 is 11.6 Å². The van der Waals surface area contributed by atoms with Crippen molar-refractivity contribution in [3.63, 3.8) is 0 Å². The van der Waals surface area contributed by atoms with Crippen LogP contribution in [0.5, 0.6) is 0 Å². The van der Waals surface area contributed by atoms with E-state index in [0.717, 1.165) is 0 Å². The second-order valence-electron chi connectivity index (χ2n) is 5.68. The Bertz CT molecular complexity index is 942. The lowest BCUT2D eigenvalue weighted by Crippen LogP contribution is -2.12. The maximum absolute atomic E-state index is 11.7. The summed E-state index contributed by atoms with van der Waals surface area (Å²) in [5.74, 6) is 0.192. The van der Waals surface area contributed by atoms with Crippen LogP contribution in [0.4, 0.5) is 0 Å². The Balaban J connectivity index is 2.01. The molecule has 3 rings (SSSR count). The molecule has 0 aliphatic carbocycles. The molecule has 3 heterocycles. The van der Waals surface area contributed by atoms with Crippen LogP contribution in [-0.2, 0) is 9.84 Å². The van der Waals surface area contributed by atoms with Crippen LogP contribution < -0.4 is 0 Å². The molecule has 0 aromatic carbocycles. The zero-order valence-corrected chi connectivity index (χ0v) is 14.5. The van der Waals surface area contributed by atoms with Gasteiger partial charge in [-0.25, -0.2) is 13.1 Å². The summed E-state index contributed by atoms with van der Waals surface area (Å²) in [4.78, 5) is 4.17. The molecule has 0 saturated carbocycles. The smallest absolute Gasteiger partial charge is 0.152 e. The SMILES string of the molecule is Cc1nn([C@H]2CCS(=O)(=O)C2)c(Cl)c1/C=C(/C#N)c1ccccn1. The minimum Gasteiger partial charge on any atom is -0.256 e. The lowest BCUT2D eigenvalue weighted by atomic mass is 10.1. The fourth-order valence-electron chi connectivity index (χ4n) is 2.74. The molecule has 1 aliphatic heterocycles. The molecule has 2 aromatic rings. The van der Waals surface area contributed by atoms with Gasteiger partial charge in [0.15, 0.2) is 9.84 Å². The number of nitriles is 1. The minimum absolute atomic E-state index is 0.0440. The zero-order chi connectivity index (χ0) is 17.3. The first-order valence-corrected chi connectivity index (χ1v) is 9.59. The highest BCUT2D eigenvalue weighted by Gasteiger charge is 2.31. The van der Waals surface area contributed by atoms with Crippen LogP contribution in [0.15, 0.2) is 24.4 Å². The Morgan fingerprint density at radius 2 is 2.29 bits per heavy atom. The third-order valence-electron chi connectivity index (χ3n) is 3.98. The summed E-state index contributed by atoms with van der Waals surface area (Å²) in [5, 5.41) is 14.1. The van der Waals surface area contributed by atoms with Crippen molar-refractivity contribution in [2.45, 2.75) is 19.4 Å². The summed E-state index contributed by atoms with van der Waals surface area (Å²) in [6.45, 7) is 1.78. The van der Waals surface area contributed by atoms with Crippen molar-refractivity contribution < 1.29 is 8.42 Å². The highest BCUT2D eigenvalue weighted by molar-refractivity contribution is 7.91. The lowest BCUT2D eigenvalue weighted by molar-refractivity contribution is 0.497. The monoisotopic (exact) mass is 362 g/mol. The Labute approximate surface area is 145 Å². The predicted octanol–water partition coefficient (Wildman–Crippen LogP) is 2.66. The summed E-state index contributed by atoms with van der Waals surface area (Å²) in [5.41, 5.74) is 2.18. The van der Waals surface area contributed by atoms with Crippen molar-refractivity contribution in [1.29, 1.82) is 5.26 Å². The van der Waals surface area contributed by atoms with Crippen LogP contribution in [0.1, 0.15) is 29.4 Å². The summed E-state index contributed by atoms with van der Waals surface area (Å²) in [6.07, 6.45) is 3.76. The van der Waals surface area contributed by atoms with Crippen molar-refractivity contribution in [2.24, 2.45) is 0 Å². The first-order chi connectivity index (χ1) is 11.4. The Morgan fingerprint density at radius 3 is 2.88 bits per heavy atom. The van der Waals surface area contributed by atoms with E-state index in [2.05, 4.69) is 16.2 Å². The van der Waals surface area contributed by atoms with Gasteiger partial charge in [0.25, 0.3) is 0 Å². The molecule has 0 unspecified atom stereocenters. The van der Waals surface area contributed by atoms with Gasteiger partial charge >= 0.3 is 0 Å². The number of sulfone groups is 1. The number of hydrogen-bond donors (Lipinski definition) is 0. The Morgan fingerprint density at radius 1 is 1.50 bits per heavy atom. The van der Waals surface area contributed by atoms with Crippen molar-refractivity contribution >= 4 is 33.1 Å². The van der Waals surface area contributed by atoms with E-state index in [4.69, 9.17) is 11.6 Å². The fraction of sp³-hybridized carbons (Fsp3) is 0.312. The zero-order valence-electron chi connectivity index (χ0n) is 13.0. The average molecular weight is 363 g/mol. The number of pyridine rings is 1. The van der Waals surface area contributed by atoms with E-state index < -0.39 is 9.84 Å². The number of nitrogens with zero attached hydrogens (tertiary/aromatic N) is 4. The average Bonchev–Trinajstić information content (AvgIpc) is 3.06. The number of hydrogen-bond acceptors (Lipinski definition) is 5. The van der Waals surface area contributed by atoms with Crippen LogP contribution in [-0.4, -0.2) is 34.7 Å². The molecule has 1 aliphatic rings. The van der Waals surface area contributed by atoms with Gasteiger partial charge in [0, 0.05) is 11.8 Å². The summed E-state index contributed by atoms with van der Waals surface area (Å²) < 4.78 is 24.9. The van der Waals surface area contributed by atoms with E-state index in [-0.39, 0.29) is 17.5 Å². The van der Waals surface area contributed by atoms with E-state index in [1.807, 2.05) is 0 Å². The molecule has 2 aromatic heterocycles. The minimum atomic E-state index is -3.03. The van der Waals surface area contributed by atoms with Crippen molar-refractivity contribution in [3.8, 4) is 6.07 Å². The van der Waals surface area contributed by atoms with Gasteiger partial charge in [-0.1, -0.05) is 17.7 Å². The maximum atomic E-state index is 11.7. The second kappa shape index (κ2) is 6.38. The largest absolute Gasteiger partial charge is 0.256 e. The molecule has 0 amide bonds. The third-order valence-corrected chi connectivity index (χ3v) is 6.10. The first kappa shape index (κ1) is 16.7. The van der Waals surface area contributed by atoms with Gasteiger partial charge in [-0.05, 0) is 31.6 Å². The molecule has 1 atom stereocenters. The van der Waals surface area contributed by atoms with E-state index in [0.29, 0.717) is 34.1 Å². The van der Waals surface area contributed by atoms with Crippen LogP contribution in [0.3, 0.4) is 0 Å². The molecule has 1 saturated heterocycles. The van der Waals surface area contributed by atoms with Crippen LogP contribution in [0, 0.1) is 18.3 Å². The fourth-order valence-corrected chi connectivity index (χ4v) is 4.80. The topological polar surface area (TPSA) is 88.6 Å². The molecular formula is C16H15ClN4O2S. The van der Waals surface area contributed by atoms with Gasteiger partial charge in [-0.2, -0.15) is 10.4 Å².